The van der Waals surface area contributed by atoms with E-state index in [1.807, 2.05) is 19.2 Å². The minimum Gasteiger partial charge on any atom is -0.355 e. The first-order valence-corrected chi connectivity index (χ1v) is 6.48. The lowest BCUT2D eigenvalue weighted by Crippen LogP contribution is -2.36. The third-order valence-corrected chi connectivity index (χ3v) is 3.11. The van der Waals surface area contributed by atoms with E-state index < -0.39 is 0 Å². The van der Waals surface area contributed by atoms with Crippen molar-refractivity contribution >= 4 is 17.2 Å². The molecule has 4 nitrogen and oxygen atoms in total. The molecule has 90 valence electrons. The topological polar surface area (TPSA) is 54.0 Å². The molecule has 1 heterocycles. The minimum atomic E-state index is 0.0243. The van der Waals surface area contributed by atoms with E-state index >= 15 is 0 Å². The van der Waals surface area contributed by atoms with Gasteiger partial charge in [0.05, 0.1) is 5.01 Å². The summed E-state index contributed by atoms with van der Waals surface area (Å²) in [6, 6.07) is 0. The summed E-state index contributed by atoms with van der Waals surface area (Å²) in [5, 5.41) is 9.10. The lowest BCUT2D eigenvalue weighted by molar-refractivity contribution is -0.124. The van der Waals surface area contributed by atoms with Gasteiger partial charge in [-0.25, -0.2) is 4.98 Å². The Balaban J connectivity index is 2.14. The van der Waals surface area contributed by atoms with Crippen molar-refractivity contribution in [1.82, 2.24) is 15.6 Å². The van der Waals surface area contributed by atoms with Crippen LogP contribution in [-0.4, -0.2) is 30.5 Å². The highest BCUT2D eigenvalue weighted by Gasteiger charge is 2.11. The maximum Gasteiger partial charge on any atom is 0.224 e. The molecule has 0 aliphatic carbocycles. The highest BCUT2D eigenvalue weighted by molar-refractivity contribution is 7.09. The molecule has 0 aliphatic heterocycles. The number of carbonyl (C=O) groups is 1. The number of hydrogen-bond donors (Lipinski definition) is 2. The van der Waals surface area contributed by atoms with Gasteiger partial charge in [-0.2, -0.15) is 0 Å². The molecule has 0 fully saturated rings. The number of thiazole rings is 1. The van der Waals surface area contributed by atoms with Crippen LogP contribution in [0.25, 0.3) is 0 Å². The first kappa shape index (κ1) is 13.1. The Kier molecular flexibility index (Phi) is 6.03. The molecule has 0 aromatic carbocycles. The molecule has 0 saturated carbocycles. The van der Waals surface area contributed by atoms with Gasteiger partial charge in [-0.1, -0.05) is 13.8 Å². The summed E-state index contributed by atoms with van der Waals surface area (Å²) >= 11 is 1.62. The van der Waals surface area contributed by atoms with Crippen LogP contribution in [-0.2, 0) is 11.2 Å². The fourth-order valence-electron chi connectivity index (χ4n) is 1.30. The van der Waals surface area contributed by atoms with Crippen molar-refractivity contribution < 1.29 is 4.79 Å². The number of aromatic nitrogens is 1. The first-order valence-electron chi connectivity index (χ1n) is 5.60. The number of hydrogen-bond acceptors (Lipinski definition) is 4. The molecule has 0 radical (unpaired) electrons. The second-order valence-corrected chi connectivity index (χ2v) is 4.65. The zero-order valence-electron chi connectivity index (χ0n) is 9.82. The van der Waals surface area contributed by atoms with Crippen LogP contribution >= 0.6 is 11.3 Å². The first-order chi connectivity index (χ1) is 7.74. The van der Waals surface area contributed by atoms with Gasteiger partial charge in [-0.05, 0) is 6.54 Å². The Hall–Kier alpha value is -0.940. The largest absolute Gasteiger partial charge is 0.355 e. The Bertz CT molecular complexity index is 300. The van der Waals surface area contributed by atoms with Crippen LogP contribution < -0.4 is 10.6 Å². The van der Waals surface area contributed by atoms with Crippen molar-refractivity contribution in [2.75, 3.05) is 19.6 Å². The SMILES string of the molecule is CCNCC(C)C(=O)NCCc1nccs1. The van der Waals surface area contributed by atoms with Gasteiger partial charge in [0.2, 0.25) is 5.91 Å². The Labute approximate surface area is 100 Å². The van der Waals surface area contributed by atoms with Crippen LogP contribution in [0.5, 0.6) is 0 Å². The minimum absolute atomic E-state index is 0.0243. The number of nitrogens with zero attached hydrogens (tertiary/aromatic N) is 1. The molecule has 5 heteroatoms. The summed E-state index contributed by atoms with van der Waals surface area (Å²) in [5.74, 6) is 0.133. The number of nitrogens with one attached hydrogen (secondary N) is 2. The van der Waals surface area contributed by atoms with Crippen molar-refractivity contribution in [2.24, 2.45) is 5.92 Å². The Morgan fingerprint density at radius 1 is 1.62 bits per heavy atom. The van der Waals surface area contributed by atoms with E-state index in [4.69, 9.17) is 0 Å². The van der Waals surface area contributed by atoms with Crippen LogP contribution in [0.4, 0.5) is 0 Å². The fourth-order valence-corrected chi connectivity index (χ4v) is 1.92. The lowest BCUT2D eigenvalue weighted by atomic mass is 10.1. The number of rotatable bonds is 7. The average Bonchev–Trinajstić information content (AvgIpc) is 2.78. The molecule has 1 rings (SSSR count). The van der Waals surface area contributed by atoms with E-state index in [0.29, 0.717) is 6.54 Å². The van der Waals surface area contributed by atoms with Crippen LogP contribution in [0.1, 0.15) is 18.9 Å². The molecule has 0 bridgehead atoms. The monoisotopic (exact) mass is 241 g/mol. The van der Waals surface area contributed by atoms with Crippen molar-refractivity contribution in [2.45, 2.75) is 20.3 Å². The standard InChI is InChI=1S/C11H19N3OS/c1-3-12-8-9(2)11(15)14-5-4-10-13-6-7-16-10/h6-7,9,12H,3-5,8H2,1-2H3,(H,14,15). The van der Waals surface area contributed by atoms with Gasteiger partial charge in [0.25, 0.3) is 0 Å². The third kappa shape index (κ3) is 4.72. The quantitative estimate of drug-likeness (QED) is 0.750. The Morgan fingerprint density at radius 3 is 3.06 bits per heavy atom. The normalized spacial score (nSPS) is 12.4. The summed E-state index contributed by atoms with van der Waals surface area (Å²) < 4.78 is 0. The van der Waals surface area contributed by atoms with E-state index in [-0.39, 0.29) is 11.8 Å². The predicted molar refractivity (Wildman–Crippen MR) is 66.5 cm³/mol. The van der Waals surface area contributed by atoms with Crippen LogP contribution in [0.2, 0.25) is 0 Å². The molecular weight excluding hydrogens is 222 g/mol. The highest BCUT2D eigenvalue weighted by atomic mass is 32.1. The molecule has 16 heavy (non-hydrogen) atoms. The summed E-state index contributed by atoms with van der Waals surface area (Å²) in [6.07, 6.45) is 2.60. The molecule has 1 aromatic heterocycles. The van der Waals surface area contributed by atoms with E-state index in [2.05, 4.69) is 15.6 Å². The average molecular weight is 241 g/mol. The molecule has 0 spiro atoms. The smallest absolute Gasteiger partial charge is 0.224 e. The number of carbonyl (C=O) groups excluding carboxylic acids is 1. The molecule has 0 aliphatic rings. The highest BCUT2D eigenvalue weighted by Crippen LogP contribution is 2.03. The molecule has 2 N–H and O–H groups in total. The predicted octanol–water partition coefficient (Wildman–Crippen LogP) is 1.05. The fraction of sp³-hybridized carbons (Fsp3) is 0.636. The summed E-state index contributed by atoms with van der Waals surface area (Å²) in [5.41, 5.74) is 0. The molecule has 0 saturated heterocycles. The van der Waals surface area contributed by atoms with Crippen LogP contribution in [0.3, 0.4) is 0 Å². The summed E-state index contributed by atoms with van der Waals surface area (Å²) in [4.78, 5) is 15.8. The summed E-state index contributed by atoms with van der Waals surface area (Å²) in [6.45, 7) is 6.27. The van der Waals surface area contributed by atoms with Crippen molar-refractivity contribution in [3.05, 3.63) is 16.6 Å². The third-order valence-electron chi connectivity index (χ3n) is 2.27. The van der Waals surface area contributed by atoms with Gasteiger partial charge in [0.15, 0.2) is 0 Å². The van der Waals surface area contributed by atoms with Gasteiger partial charge in [0, 0.05) is 37.0 Å². The van der Waals surface area contributed by atoms with E-state index in [9.17, 15) is 4.79 Å². The summed E-state index contributed by atoms with van der Waals surface area (Å²) in [7, 11) is 0. The second-order valence-electron chi connectivity index (χ2n) is 3.68. The van der Waals surface area contributed by atoms with Crippen molar-refractivity contribution in [3.63, 3.8) is 0 Å². The van der Waals surface area contributed by atoms with Gasteiger partial charge in [-0.15, -0.1) is 11.3 Å². The van der Waals surface area contributed by atoms with Gasteiger partial charge < -0.3 is 10.6 Å². The lowest BCUT2D eigenvalue weighted by Gasteiger charge is -2.11. The maximum absolute atomic E-state index is 11.6. The van der Waals surface area contributed by atoms with Crippen molar-refractivity contribution in [1.29, 1.82) is 0 Å². The molecular formula is C11H19N3OS. The molecule has 1 unspecified atom stereocenters. The molecule has 1 amide bonds. The van der Waals surface area contributed by atoms with E-state index in [0.717, 1.165) is 24.5 Å². The van der Waals surface area contributed by atoms with Crippen molar-refractivity contribution in [3.8, 4) is 0 Å². The molecule has 1 atom stereocenters. The van der Waals surface area contributed by atoms with Gasteiger partial charge in [-0.3, -0.25) is 4.79 Å². The maximum atomic E-state index is 11.6. The molecule has 1 aromatic rings. The van der Waals surface area contributed by atoms with Crippen LogP contribution in [0, 0.1) is 5.92 Å². The van der Waals surface area contributed by atoms with E-state index in [1.54, 1.807) is 17.5 Å². The second kappa shape index (κ2) is 7.35. The zero-order valence-corrected chi connectivity index (χ0v) is 10.6. The van der Waals surface area contributed by atoms with Crippen LogP contribution in [0.15, 0.2) is 11.6 Å². The Morgan fingerprint density at radius 2 is 2.44 bits per heavy atom. The van der Waals surface area contributed by atoms with Gasteiger partial charge >= 0.3 is 0 Å². The zero-order chi connectivity index (χ0) is 11.8. The number of amides is 1. The van der Waals surface area contributed by atoms with E-state index in [1.165, 1.54) is 0 Å². The van der Waals surface area contributed by atoms with Gasteiger partial charge in [0.1, 0.15) is 0 Å².